The number of carbonyl (C=O) groups excluding carboxylic acids is 1. The molecule has 0 atom stereocenters. The van der Waals surface area contributed by atoms with Crippen molar-refractivity contribution in [1.29, 1.82) is 0 Å². The van der Waals surface area contributed by atoms with Crippen LogP contribution in [0.1, 0.15) is 27.2 Å². The predicted molar refractivity (Wildman–Crippen MR) is 134 cm³/mol. The summed E-state index contributed by atoms with van der Waals surface area (Å²) in [5.74, 6) is -1.17. The van der Waals surface area contributed by atoms with E-state index in [1.165, 1.54) is 18.3 Å². The Kier molecular flexibility index (Phi) is 8.86. The number of anilines is 1. The van der Waals surface area contributed by atoms with Gasteiger partial charge in [-0.15, -0.1) is 0 Å². The molecule has 1 fully saturated rings. The molecule has 3 aromatic rings. The van der Waals surface area contributed by atoms with Gasteiger partial charge < -0.3 is 15.0 Å². The first-order valence-electron chi connectivity index (χ1n) is 11.8. The van der Waals surface area contributed by atoms with Crippen LogP contribution in [0.4, 0.5) is 32.0 Å². The van der Waals surface area contributed by atoms with Crippen molar-refractivity contribution in [3.05, 3.63) is 95.5 Å². The molecule has 2 aromatic carbocycles. The number of hydrogen-bond acceptors (Lipinski definition) is 6. The molecule has 1 saturated heterocycles. The summed E-state index contributed by atoms with van der Waals surface area (Å²) >= 11 is 0.537. The van der Waals surface area contributed by atoms with Gasteiger partial charge in [-0.1, -0.05) is 23.9 Å². The van der Waals surface area contributed by atoms with E-state index in [-0.39, 0.29) is 4.90 Å². The van der Waals surface area contributed by atoms with E-state index >= 15 is 0 Å². The zero-order valence-electron chi connectivity index (χ0n) is 20.4. The highest BCUT2D eigenvalue weighted by Crippen LogP contribution is 2.48. The lowest BCUT2D eigenvalue weighted by Gasteiger charge is -2.25. The third-order valence-electron chi connectivity index (χ3n) is 5.74. The number of ketones is 1. The normalized spacial score (nSPS) is 14.6. The highest BCUT2D eigenvalue weighted by molar-refractivity contribution is 7.99. The summed E-state index contributed by atoms with van der Waals surface area (Å²) in [4.78, 5) is 18.2. The van der Waals surface area contributed by atoms with Crippen molar-refractivity contribution in [2.24, 2.45) is 0 Å². The number of nitrogens with zero attached hydrogens (tertiary/aromatic N) is 2. The van der Waals surface area contributed by atoms with Crippen molar-refractivity contribution in [3.8, 4) is 0 Å². The molecule has 12 heteroatoms. The third kappa shape index (κ3) is 7.54. The number of halogens is 6. The van der Waals surface area contributed by atoms with Gasteiger partial charge in [0.05, 0.1) is 36.6 Å². The minimum absolute atomic E-state index is 0.283. The average Bonchev–Trinajstić information content (AvgIpc) is 2.90. The molecule has 0 spiro atoms. The fourth-order valence-electron chi connectivity index (χ4n) is 3.93. The maximum absolute atomic E-state index is 14.2. The molecule has 0 amide bonds. The fourth-order valence-corrected chi connectivity index (χ4v) is 4.97. The largest absolute Gasteiger partial charge is 0.418 e. The van der Waals surface area contributed by atoms with Crippen molar-refractivity contribution < 1.29 is 35.9 Å². The first-order valence-corrected chi connectivity index (χ1v) is 12.6. The lowest BCUT2D eigenvalue weighted by Crippen LogP contribution is -2.32. The number of benzene rings is 2. The molecule has 0 unspecified atom stereocenters. The number of allylic oxidation sites excluding steroid dienone is 1. The molecule has 1 aliphatic heterocycles. The van der Waals surface area contributed by atoms with E-state index in [9.17, 15) is 31.1 Å². The van der Waals surface area contributed by atoms with E-state index in [1.807, 2.05) is 0 Å². The average molecular weight is 568 g/mol. The van der Waals surface area contributed by atoms with Gasteiger partial charge in [0.25, 0.3) is 0 Å². The van der Waals surface area contributed by atoms with Crippen LogP contribution in [0.3, 0.4) is 0 Å². The molecule has 1 N–H and O–H groups in total. The van der Waals surface area contributed by atoms with Gasteiger partial charge >= 0.3 is 12.4 Å². The van der Waals surface area contributed by atoms with Gasteiger partial charge in [-0.05, 0) is 42.5 Å². The first kappa shape index (κ1) is 28.5. The Bertz CT molecular complexity index is 1320. The number of ether oxygens (including phenoxy) is 1. The zero-order chi connectivity index (χ0) is 28.0. The van der Waals surface area contributed by atoms with Gasteiger partial charge in [0.1, 0.15) is 0 Å². The van der Waals surface area contributed by atoms with E-state index in [0.29, 0.717) is 50.3 Å². The molecule has 5 nitrogen and oxygen atoms in total. The smallest absolute Gasteiger partial charge is 0.379 e. The SMILES string of the molecule is O=C(C=CN1CCOCC1)c1ccc(Sc2cccc(NCc3ccccn3)c2)c(C(F)(F)F)c1C(F)(F)F. The summed E-state index contributed by atoms with van der Waals surface area (Å²) in [7, 11) is 0. The van der Waals surface area contributed by atoms with Gasteiger partial charge in [0, 0.05) is 52.6 Å². The summed E-state index contributed by atoms with van der Waals surface area (Å²) < 4.78 is 90.0. The molecule has 0 bridgehead atoms. The molecular formula is C27H23F6N3O2S. The topological polar surface area (TPSA) is 54.5 Å². The lowest BCUT2D eigenvalue weighted by molar-refractivity contribution is -0.163. The van der Waals surface area contributed by atoms with E-state index in [0.717, 1.165) is 23.9 Å². The zero-order valence-corrected chi connectivity index (χ0v) is 21.2. The van der Waals surface area contributed by atoms with Crippen molar-refractivity contribution in [2.45, 2.75) is 28.7 Å². The number of morpholine rings is 1. The molecular weight excluding hydrogens is 544 g/mol. The van der Waals surface area contributed by atoms with Crippen LogP contribution >= 0.6 is 11.8 Å². The molecule has 0 saturated carbocycles. The van der Waals surface area contributed by atoms with Gasteiger partial charge in [-0.3, -0.25) is 9.78 Å². The summed E-state index contributed by atoms with van der Waals surface area (Å²) in [5.41, 5.74) is -3.67. The number of aromatic nitrogens is 1. The summed E-state index contributed by atoms with van der Waals surface area (Å²) in [6.07, 6.45) is -7.03. The van der Waals surface area contributed by atoms with Crippen molar-refractivity contribution >= 4 is 23.2 Å². The monoisotopic (exact) mass is 567 g/mol. The van der Waals surface area contributed by atoms with Crippen LogP contribution in [-0.4, -0.2) is 42.0 Å². The molecule has 0 radical (unpaired) electrons. The van der Waals surface area contributed by atoms with Crippen LogP contribution in [0.5, 0.6) is 0 Å². The minimum atomic E-state index is -5.43. The first-order chi connectivity index (χ1) is 18.5. The quantitative estimate of drug-likeness (QED) is 0.181. The van der Waals surface area contributed by atoms with Crippen LogP contribution in [0.15, 0.2) is 82.9 Å². The second-order valence-electron chi connectivity index (χ2n) is 8.49. The van der Waals surface area contributed by atoms with Crippen molar-refractivity contribution in [1.82, 2.24) is 9.88 Å². The van der Waals surface area contributed by atoms with Crippen LogP contribution in [0, 0.1) is 0 Å². The van der Waals surface area contributed by atoms with E-state index in [1.54, 1.807) is 41.4 Å². The van der Waals surface area contributed by atoms with E-state index in [4.69, 9.17) is 4.74 Å². The number of carbonyl (C=O) groups is 1. The Balaban J connectivity index is 1.66. The minimum Gasteiger partial charge on any atom is -0.379 e. The lowest BCUT2D eigenvalue weighted by atomic mass is 9.96. The Morgan fingerprint density at radius 2 is 1.72 bits per heavy atom. The second-order valence-corrected chi connectivity index (χ2v) is 9.60. The van der Waals surface area contributed by atoms with Crippen LogP contribution in [0.2, 0.25) is 0 Å². The molecule has 4 rings (SSSR count). The van der Waals surface area contributed by atoms with Gasteiger partial charge in [-0.2, -0.15) is 26.3 Å². The molecule has 206 valence electrons. The summed E-state index contributed by atoms with van der Waals surface area (Å²) in [5, 5.41) is 3.09. The molecule has 0 aliphatic carbocycles. The Hall–Kier alpha value is -3.51. The van der Waals surface area contributed by atoms with Crippen LogP contribution < -0.4 is 5.32 Å². The number of pyridine rings is 1. The second kappa shape index (κ2) is 12.1. The van der Waals surface area contributed by atoms with E-state index in [2.05, 4.69) is 10.3 Å². The summed E-state index contributed by atoms with van der Waals surface area (Å²) in [6.45, 7) is 1.91. The number of nitrogens with one attached hydrogen (secondary N) is 1. The highest BCUT2D eigenvalue weighted by Gasteiger charge is 2.47. The van der Waals surface area contributed by atoms with Crippen LogP contribution in [0.25, 0.3) is 0 Å². The van der Waals surface area contributed by atoms with Gasteiger partial charge in [0.15, 0.2) is 5.78 Å². The Labute approximate surface area is 224 Å². The van der Waals surface area contributed by atoms with Crippen LogP contribution in [-0.2, 0) is 23.6 Å². The Morgan fingerprint density at radius 1 is 0.974 bits per heavy atom. The number of rotatable bonds is 8. The third-order valence-corrected chi connectivity index (χ3v) is 6.79. The van der Waals surface area contributed by atoms with Gasteiger partial charge in [0.2, 0.25) is 0 Å². The molecule has 39 heavy (non-hydrogen) atoms. The van der Waals surface area contributed by atoms with Crippen molar-refractivity contribution in [3.63, 3.8) is 0 Å². The number of hydrogen-bond donors (Lipinski definition) is 1. The maximum Gasteiger partial charge on any atom is 0.418 e. The fraction of sp³-hybridized carbons (Fsp3) is 0.259. The predicted octanol–water partition coefficient (Wildman–Crippen LogP) is 6.91. The van der Waals surface area contributed by atoms with E-state index < -0.39 is 39.7 Å². The molecule has 1 aromatic heterocycles. The standard InChI is InChI=1S/C27H23F6N3O2S/c28-26(29,30)24-21(22(37)9-11-36-12-14-38-15-13-36)7-8-23(25(24)27(31,32)33)39-20-6-3-5-18(16-20)35-17-19-4-1-2-10-34-19/h1-11,16,35H,12-15,17H2. The molecule has 2 heterocycles. The highest BCUT2D eigenvalue weighted by atomic mass is 32.2. The van der Waals surface area contributed by atoms with Crippen molar-refractivity contribution in [2.75, 3.05) is 31.6 Å². The Morgan fingerprint density at radius 3 is 2.38 bits per heavy atom. The summed E-state index contributed by atoms with van der Waals surface area (Å²) in [6, 6.07) is 13.4. The number of alkyl halides is 6. The maximum atomic E-state index is 14.2. The van der Waals surface area contributed by atoms with Gasteiger partial charge in [-0.25, -0.2) is 0 Å². The molecule has 1 aliphatic rings.